The van der Waals surface area contributed by atoms with E-state index in [2.05, 4.69) is 0 Å². The Hall–Kier alpha value is -0.120. The highest BCUT2D eigenvalue weighted by Crippen LogP contribution is 2.37. The van der Waals surface area contributed by atoms with Gasteiger partial charge in [0.15, 0.2) is 5.12 Å². The Labute approximate surface area is 74.9 Å². The topological polar surface area (TPSA) is 17.1 Å². The van der Waals surface area contributed by atoms with Gasteiger partial charge >= 0.3 is 0 Å². The van der Waals surface area contributed by atoms with Crippen molar-refractivity contribution in [3.05, 3.63) is 0 Å². The standard InChI is InChI=1S/C8H12F2OS/c1-12-7(11)6-2-4-8(9,10)5-3-6/h6H,2-5H2,1H3. The first kappa shape index (κ1) is 9.96. The van der Waals surface area contributed by atoms with E-state index in [9.17, 15) is 13.6 Å². The van der Waals surface area contributed by atoms with Gasteiger partial charge in [0, 0.05) is 18.8 Å². The largest absolute Gasteiger partial charge is 0.287 e. The Bertz CT molecular complexity index is 172. The molecule has 1 rings (SSSR count). The van der Waals surface area contributed by atoms with Crippen LogP contribution in [0.4, 0.5) is 8.78 Å². The van der Waals surface area contributed by atoms with Crippen molar-refractivity contribution in [1.29, 1.82) is 0 Å². The maximum atomic E-state index is 12.6. The van der Waals surface area contributed by atoms with Crippen molar-refractivity contribution >= 4 is 16.9 Å². The Balaban J connectivity index is 2.41. The molecule has 12 heavy (non-hydrogen) atoms. The van der Waals surface area contributed by atoms with Gasteiger partial charge in [0.25, 0.3) is 0 Å². The van der Waals surface area contributed by atoms with Gasteiger partial charge in [-0.25, -0.2) is 8.78 Å². The van der Waals surface area contributed by atoms with Gasteiger partial charge in [0.2, 0.25) is 5.92 Å². The van der Waals surface area contributed by atoms with E-state index in [0.29, 0.717) is 12.8 Å². The van der Waals surface area contributed by atoms with E-state index >= 15 is 0 Å². The molecule has 0 aromatic heterocycles. The summed E-state index contributed by atoms with van der Waals surface area (Å²) in [4.78, 5) is 11.1. The highest BCUT2D eigenvalue weighted by atomic mass is 32.2. The molecule has 0 aromatic carbocycles. The molecule has 0 unspecified atom stereocenters. The predicted molar refractivity (Wildman–Crippen MR) is 45.4 cm³/mol. The summed E-state index contributed by atoms with van der Waals surface area (Å²) in [6.07, 6.45) is 2.17. The van der Waals surface area contributed by atoms with Gasteiger partial charge in [0.1, 0.15) is 0 Å². The van der Waals surface area contributed by atoms with Crippen LogP contribution in [-0.4, -0.2) is 17.3 Å². The molecule has 1 nitrogen and oxygen atoms in total. The zero-order chi connectivity index (χ0) is 9.19. The van der Waals surface area contributed by atoms with E-state index < -0.39 is 5.92 Å². The van der Waals surface area contributed by atoms with Crippen molar-refractivity contribution in [3.8, 4) is 0 Å². The molecule has 1 saturated carbocycles. The minimum atomic E-state index is -2.52. The van der Waals surface area contributed by atoms with Crippen LogP contribution in [0.5, 0.6) is 0 Å². The van der Waals surface area contributed by atoms with Crippen LogP contribution in [0.15, 0.2) is 0 Å². The van der Waals surface area contributed by atoms with Crippen LogP contribution in [0.25, 0.3) is 0 Å². The van der Waals surface area contributed by atoms with Crippen LogP contribution in [0, 0.1) is 5.92 Å². The number of carbonyl (C=O) groups excluding carboxylic acids is 1. The molecule has 0 saturated heterocycles. The van der Waals surface area contributed by atoms with Crippen molar-refractivity contribution in [2.75, 3.05) is 6.26 Å². The molecule has 0 radical (unpaired) electrons. The van der Waals surface area contributed by atoms with Crippen LogP contribution >= 0.6 is 11.8 Å². The zero-order valence-electron chi connectivity index (χ0n) is 6.98. The number of carbonyl (C=O) groups is 1. The minimum absolute atomic E-state index is 0.0606. The number of alkyl halides is 2. The molecule has 0 atom stereocenters. The van der Waals surface area contributed by atoms with E-state index in [1.54, 1.807) is 6.26 Å². The Morgan fingerprint density at radius 3 is 2.33 bits per heavy atom. The first-order valence-corrected chi connectivity index (χ1v) is 5.23. The van der Waals surface area contributed by atoms with Gasteiger partial charge < -0.3 is 0 Å². The van der Waals surface area contributed by atoms with E-state index in [4.69, 9.17) is 0 Å². The van der Waals surface area contributed by atoms with Crippen LogP contribution in [0.1, 0.15) is 25.7 Å². The van der Waals surface area contributed by atoms with Crippen molar-refractivity contribution < 1.29 is 13.6 Å². The van der Waals surface area contributed by atoms with Crippen molar-refractivity contribution in [2.24, 2.45) is 5.92 Å². The minimum Gasteiger partial charge on any atom is -0.287 e. The quantitative estimate of drug-likeness (QED) is 0.638. The smallest absolute Gasteiger partial charge is 0.248 e. The Morgan fingerprint density at radius 1 is 1.42 bits per heavy atom. The third-order valence-corrected chi connectivity index (χ3v) is 2.99. The first-order chi connectivity index (χ1) is 5.55. The molecule has 1 aliphatic rings. The summed E-state index contributed by atoms with van der Waals surface area (Å²) in [5.41, 5.74) is 0. The zero-order valence-corrected chi connectivity index (χ0v) is 7.79. The lowest BCUT2D eigenvalue weighted by Gasteiger charge is -2.26. The van der Waals surface area contributed by atoms with Gasteiger partial charge in [-0.3, -0.25) is 4.79 Å². The fraction of sp³-hybridized carbons (Fsp3) is 0.875. The summed E-state index contributed by atoms with van der Waals surface area (Å²) >= 11 is 1.15. The highest BCUT2D eigenvalue weighted by molar-refractivity contribution is 8.13. The molecule has 0 N–H and O–H groups in total. The number of hydrogen-bond donors (Lipinski definition) is 0. The molecule has 0 amide bonds. The van der Waals surface area contributed by atoms with Gasteiger partial charge in [-0.2, -0.15) is 0 Å². The van der Waals surface area contributed by atoms with Gasteiger partial charge in [-0.1, -0.05) is 11.8 Å². The number of thioether (sulfide) groups is 1. The molecule has 70 valence electrons. The van der Waals surface area contributed by atoms with Gasteiger partial charge in [-0.05, 0) is 19.1 Å². The molecule has 4 heteroatoms. The number of halogens is 2. The third-order valence-electron chi connectivity index (χ3n) is 2.25. The van der Waals surface area contributed by atoms with Gasteiger partial charge in [0.05, 0.1) is 0 Å². The van der Waals surface area contributed by atoms with Gasteiger partial charge in [-0.15, -0.1) is 0 Å². The van der Waals surface area contributed by atoms with E-state index in [1.165, 1.54) is 0 Å². The molecule has 0 heterocycles. The third kappa shape index (κ3) is 2.44. The van der Waals surface area contributed by atoms with E-state index in [0.717, 1.165) is 11.8 Å². The molecule has 0 aromatic rings. The van der Waals surface area contributed by atoms with Crippen LogP contribution < -0.4 is 0 Å². The lowest BCUT2D eigenvalue weighted by molar-refractivity contribution is -0.118. The lowest BCUT2D eigenvalue weighted by atomic mass is 9.88. The predicted octanol–water partition coefficient (Wildman–Crippen LogP) is 2.70. The molecular weight excluding hydrogens is 182 g/mol. The summed E-state index contributed by atoms with van der Waals surface area (Å²) in [6.45, 7) is 0. The second-order valence-electron chi connectivity index (χ2n) is 3.15. The monoisotopic (exact) mass is 194 g/mol. The average Bonchev–Trinajstić information content (AvgIpc) is 2.03. The summed E-state index contributed by atoms with van der Waals surface area (Å²) in [7, 11) is 0. The summed E-state index contributed by atoms with van der Waals surface area (Å²) in [5.74, 6) is -2.64. The summed E-state index contributed by atoms with van der Waals surface area (Å²) < 4.78 is 25.3. The highest BCUT2D eigenvalue weighted by Gasteiger charge is 2.36. The van der Waals surface area contributed by atoms with E-state index in [-0.39, 0.29) is 23.9 Å². The Kier molecular flexibility index (Phi) is 3.09. The molecule has 0 aliphatic heterocycles. The normalized spacial score (nSPS) is 23.9. The number of hydrogen-bond acceptors (Lipinski definition) is 2. The molecule has 1 fully saturated rings. The van der Waals surface area contributed by atoms with Crippen LogP contribution in [0.2, 0.25) is 0 Å². The van der Waals surface area contributed by atoms with E-state index in [1.807, 2.05) is 0 Å². The SMILES string of the molecule is CSC(=O)C1CCC(F)(F)CC1. The van der Waals surface area contributed by atoms with Crippen molar-refractivity contribution in [2.45, 2.75) is 31.6 Å². The van der Waals surface area contributed by atoms with Crippen LogP contribution in [0.3, 0.4) is 0 Å². The fourth-order valence-corrected chi connectivity index (χ4v) is 2.01. The molecule has 1 aliphatic carbocycles. The second kappa shape index (κ2) is 3.73. The Morgan fingerprint density at radius 2 is 1.92 bits per heavy atom. The van der Waals surface area contributed by atoms with Crippen molar-refractivity contribution in [1.82, 2.24) is 0 Å². The molecule has 0 bridgehead atoms. The fourth-order valence-electron chi connectivity index (χ4n) is 1.44. The molecule has 0 spiro atoms. The summed E-state index contributed by atoms with van der Waals surface area (Å²) in [5, 5.41) is 0.0606. The van der Waals surface area contributed by atoms with Crippen molar-refractivity contribution in [3.63, 3.8) is 0 Å². The maximum Gasteiger partial charge on any atom is 0.248 e. The first-order valence-electron chi connectivity index (χ1n) is 4.01. The summed E-state index contributed by atoms with van der Waals surface area (Å²) in [6, 6.07) is 0. The number of rotatable bonds is 1. The maximum absolute atomic E-state index is 12.6. The lowest BCUT2D eigenvalue weighted by Crippen LogP contribution is -2.27. The molecular formula is C8H12F2OS. The average molecular weight is 194 g/mol. The second-order valence-corrected chi connectivity index (χ2v) is 3.96. The van der Waals surface area contributed by atoms with Crippen LogP contribution in [-0.2, 0) is 4.79 Å².